The van der Waals surface area contributed by atoms with Crippen LogP contribution in [-0.2, 0) is 4.74 Å². The van der Waals surface area contributed by atoms with E-state index in [9.17, 15) is 5.11 Å². The summed E-state index contributed by atoms with van der Waals surface area (Å²) in [5.74, 6) is 1.79. The van der Waals surface area contributed by atoms with Crippen molar-refractivity contribution in [1.29, 1.82) is 0 Å². The number of nitrogens with zero attached hydrogens (tertiary/aromatic N) is 4. The Bertz CT molecular complexity index is 480. The quantitative estimate of drug-likeness (QED) is 0.704. The lowest BCUT2D eigenvalue weighted by Gasteiger charge is -2.26. The van der Waals surface area contributed by atoms with Crippen LogP contribution >= 0.6 is 0 Å². The predicted molar refractivity (Wildman–Crippen MR) is 79.1 cm³/mol. The summed E-state index contributed by atoms with van der Waals surface area (Å²) in [6, 6.07) is 0. The molecule has 2 atom stereocenters. The summed E-state index contributed by atoms with van der Waals surface area (Å²) in [5.41, 5.74) is 5.77. The summed E-state index contributed by atoms with van der Waals surface area (Å²) in [7, 11) is 0. The molecule has 1 aromatic heterocycles. The van der Waals surface area contributed by atoms with E-state index in [-0.39, 0.29) is 12.1 Å². The third-order valence-corrected chi connectivity index (χ3v) is 4.00. The van der Waals surface area contributed by atoms with Crippen LogP contribution in [-0.4, -0.2) is 59.0 Å². The molecule has 1 saturated carbocycles. The molecule has 3 rings (SSSR count). The summed E-state index contributed by atoms with van der Waals surface area (Å²) in [4.78, 5) is 14.8. The van der Waals surface area contributed by atoms with Crippen LogP contribution in [0.3, 0.4) is 0 Å². The van der Waals surface area contributed by atoms with Crippen LogP contribution in [0.4, 0.5) is 17.8 Å². The Morgan fingerprint density at radius 2 is 2.05 bits per heavy atom. The Morgan fingerprint density at radius 1 is 1.24 bits per heavy atom. The van der Waals surface area contributed by atoms with Gasteiger partial charge in [0.15, 0.2) is 0 Å². The largest absolute Gasteiger partial charge is 0.393 e. The smallest absolute Gasteiger partial charge is 0.232 e. The second-order valence-electron chi connectivity index (χ2n) is 5.63. The first kappa shape index (κ1) is 14.3. The van der Waals surface area contributed by atoms with E-state index in [4.69, 9.17) is 10.5 Å². The number of anilines is 3. The van der Waals surface area contributed by atoms with Gasteiger partial charge in [-0.2, -0.15) is 15.0 Å². The standard InChI is InChI=1S/C13H22N6O2/c14-11-16-12(15-8-9-1-2-10(20)7-9)18-13(17-11)19-3-5-21-6-4-19/h9-10,20H,1-8H2,(H3,14,15,16,17,18). The maximum Gasteiger partial charge on any atom is 0.232 e. The number of aliphatic hydroxyl groups is 1. The first-order valence-corrected chi connectivity index (χ1v) is 7.47. The Labute approximate surface area is 123 Å². The van der Waals surface area contributed by atoms with Crippen molar-refractivity contribution in [2.24, 2.45) is 5.92 Å². The highest BCUT2D eigenvalue weighted by Gasteiger charge is 2.23. The van der Waals surface area contributed by atoms with Gasteiger partial charge in [0, 0.05) is 19.6 Å². The lowest BCUT2D eigenvalue weighted by molar-refractivity contribution is 0.122. The van der Waals surface area contributed by atoms with Gasteiger partial charge in [0.1, 0.15) is 0 Å². The average Bonchev–Trinajstić information content (AvgIpc) is 2.91. The molecule has 2 heterocycles. The topological polar surface area (TPSA) is 109 Å². The molecule has 2 unspecified atom stereocenters. The number of hydrogen-bond acceptors (Lipinski definition) is 8. The molecule has 0 aromatic carbocycles. The molecule has 1 saturated heterocycles. The van der Waals surface area contributed by atoms with E-state index in [1.54, 1.807) is 0 Å². The molecule has 1 aromatic rings. The number of nitrogens with two attached hydrogens (primary N) is 1. The van der Waals surface area contributed by atoms with Gasteiger partial charge in [0.2, 0.25) is 17.8 Å². The van der Waals surface area contributed by atoms with Gasteiger partial charge < -0.3 is 25.8 Å². The van der Waals surface area contributed by atoms with Gasteiger partial charge >= 0.3 is 0 Å². The summed E-state index contributed by atoms with van der Waals surface area (Å²) in [5, 5.41) is 12.8. The molecule has 0 amide bonds. The number of aliphatic hydroxyl groups excluding tert-OH is 1. The van der Waals surface area contributed by atoms with Crippen molar-refractivity contribution >= 4 is 17.8 Å². The van der Waals surface area contributed by atoms with E-state index in [0.717, 1.165) is 38.9 Å². The van der Waals surface area contributed by atoms with Crippen LogP contribution in [0.25, 0.3) is 0 Å². The summed E-state index contributed by atoms with van der Waals surface area (Å²) in [6.45, 7) is 3.63. The molecule has 1 aliphatic heterocycles. The fourth-order valence-electron chi connectivity index (χ4n) is 2.83. The fourth-order valence-corrected chi connectivity index (χ4v) is 2.83. The maximum atomic E-state index is 9.55. The van der Waals surface area contributed by atoms with Crippen LogP contribution < -0.4 is 16.0 Å². The highest BCUT2D eigenvalue weighted by Crippen LogP contribution is 2.25. The zero-order valence-corrected chi connectivity index (χ0v) is 12.0. The van der Waals surface area contributed by atoms with E-state index >= 15 is 0 Å². The van der Waals surface area contributed by atoms with Crippen molar-refractivity contribution in [2.45, 2.75) is 25.4 Å². The van der Waals surface area contributed by atoms with Gasteiger partial charge in [0.25, 0.3) is 0 Å². The van der Waals surface area contributed by atoms with Crippen LogP contribution in [0.5, 0.6) is 0 Å². The first-order chi connectivity index (χ1) is 10.2. The second-order valence-corrected chi connectivity index (χ2v) is 5.63. The molecule has 8 nitrogen and oxygen atoms in total. The van der Waals surface area contributed by atoms with Crippen LogP contribution in [0.1, 0.15) is 19.3 Å². The summed E-state index contributed by atoms with van der Waals surface area (Å²) < 4.78 is 5.32. The minimum atomic E-state index is -0.163. The second kappa shape index (κ2) is 6.40. The molecule has 116 valence electrons. The van der Waals surface area contributed by atoms with Crippen molar-refractivity contribution in [3.05, 3.63) is 0 Å². The molecule has 0 radical (unpaired) electrons. The van der Waals surface area contributed by atoms with Crippen LogP contribution in [0.15, 0.2) is 0 Å². The van der Waals surface area contributed by atoms with Gasteiger partial charge in [-0.05, 0) is 25.2 Å². The molecule has 0 spiro atoms. The Hall–Kier alpha value is -1.67. The first-order valence-electron chi connectivity index (χ1n) is 7.47. The number of aromatic nitrogens is 3. The third-order valence-electron chi connectivity index (χ3n) is 4.00. The number of rotatable bonds is 4. The molecule has 4 N–H and O–H groups in total. The lowest BCUT2D eigenvalue weighted by Crippen LogP contribution is -2.37. The van der Waals surface area contributed by atoms with E-state index in [0.29, 0.717) is 31.0 Å². The molecule has 2 fully saturated rings. The molecule has 21 heavy (non-hydrogen) atoms. The zero-order chi connectivity index (χ0) is 14.7. The molecular weight excluding hydrogens is 272 g/mol. The predicted octanol–water partition coefficient (Wildman–Crippen LogP) is -0.137. The van der Waals surface area contributed by atoms with Crippen molar-refractivity contribution < 1.29 is 9.84 Å². The van der Waals surface area contributed by atoms with E-state index < -0.39 is 0 Å². The minimum Gasteiger partial charge on any atom is -0.393 e. The van der Waals surface area contributed by atoms with Gasteiger partial charge in [-0.3, -0.25) is 0 Å². The van der Waals surface area contributed by atoms with Crippen molar-refractivity contribution in [3.8, 4) is 0 Å². The third kappa shape index (κ3) is 3.70. The van der Waals surface area contributed by atoms with E-state index in [1.165, 1.54) is 0 Å². The minimum absolute atomic E-state index is 0.163. The highest BCUT2D eigenvalue weighted by molar-refractivity contribution is 5.42. The number of hydrogen-bond donors (Lipinski definition) is 3. The number of ether oxygens (including phenoxy) is 1. The van der Waals surface area contributed by atoms with Crippen LogP contribution in [0, 0.1) is 5.92 Å². The summed E-state index contributed by atoms with van der Waals surface area (Å²) >= 11 is 0. The Balaban J connectivity index is 1.63. The monoisotopic (exact) mass is 294 g/mol. The number of morpholine rings is 1. The fraction of sp³-hybridized carbons (Fsp3) is 0.769. The summed E-state index contributed by atoms with van der Waals surface area (Å²) in [6.07, 6.45) is 2.59. The normalized spacial score (nSPS) is 26.0. The molecular formula is C13H22N6O2. The maximum absolute atomic E-state index is 9.55. The molecule has 1 aliphatic carbocycles. The SMILES string of the molecule is Nc1nc(NCC2CCC(O)C2)nc(N2CCOCC2)n1. The lowest BCUT2D eigenvalue weighted by atomic mass is 10.1. The molecule has 2 aliphatic rings. The highest BCUT2D eigenvalue weighted by atomic mass is 16.5. The van der Waals surface area contributed by atoms with E-state index in [2.05, 4.69) is 20.3 Å². The van der Waals surface area contributed by atoms with Gasteiger partial charge in [0.05, 0.1) is 19.3 Å². The van der Waals surface area contributed by atoms with Crippen molar-refractivity contribution in [2.75, 3.05) is 48.8 Å². The van der Waals surface area contributed by atoms with Crippen molar-refractivity contribution in [3.63, 3.8) is 0 Å². The molecule has 8 heteroatoms. The number of nitrogen functional groups attached to an aromatic ring is 1. The Kier molecular flexibility index (Phi) is 4.35. The molecule has 0 bridgehead atoms. The van der Waals surface area contributed by atoms with Gasteiger partial charge in [-0.25, -0.2) is 0 Å². The van der Waals surface area contributed by atoms with Gasteiger partial charge in [-0.1, -0.05) is 0 Å². The van der Waals surface area contributed by atoms with Gasteiger partial charge in [-0.15, -0.1) is 0 Å². The zero-order valence-electron chi connectivity index (χ0n) is 12.0. The Morgan fingerprint density at radius 3 is 2.76 bits per heavy atom. The average molecular weight is 294 g/mol. The number of nitrogens with one attached hydrogen (secondary N) is 1. The van der Waals surface area contributed by atoms with Crippen molar-refractivity contribution in [1.82, 2.24) is 15.0 Å². The van der Waals surface area contributed by atoms with E-state index in [1.807, 2.05) is 4.90 Å². The van der Waals surface area contributed by atoms with Crippen LogP contribution in [0.2, 0.25) is 0 Å².